The van der Waals surface area contributed by atoms with Crippen molar-refractivity contribution in [1.82, 2.24) is 19.7 Å². The summed E-state index contributed by atoms with van der Waals surface area (Å²) >= 11 is 3.01. The number of thioether (sulfide) groups is 2. The molecule has 1 unspecified atom stereocenters. The van der Waals surface area contributed by atoms with Crippen LogP contribution in [-0.4, -0.2) is 37.2 Å². The molecule has 32 heavy (non-hydrogen) atoms. The molecular weight excluding hydrogens is 438 g/mol. The Morgan fingerprint density at radius 1 is 1.00 bits per heavy atom. The summed E-state index contributed by atoms with van der Waals surface area (Å²) in [7, 11) is 0. The van der Waals surface area contributed by atoms with E-state index < -0.39 is 0 Å². The highest BCUT2D eigenvalue weighted by Crippen LogP contribution is 2.29. The quantitative estimate of drug-likeness (QED) is 0.362. The smallest absolute Gasteiger partial charge is 0.237 e. The molecule has 0 bridgehead atoms. The number of nitrogens with one attached hydrogen (secondary N) is 1. The Morgan fingerprint density at radius 3 is 2.47 bits per heavy atom. The molecule has 1 amide bonds. The predicted molar refractivity (Wildman–Crippen MR) is 131 cm³/mol. The zero-order valence-electron chi connectivity index (χ0n) is 17.8. The van der Waals surface area contributed by atoms with Crippen molar-refractivity contribution in [3.8, 4) is 11.4 Å². The topological polar surface area (TPSA) is 72.7 Å². The summed E-state index contributed by atoms with van der Waals surface area (Å²) in [4.78, 5) is 18.1. The SMILES string of the molecule is CSc1ccccc1NC(=O)C(C)Sc1nnc(-c2ccncc2)n1Cc1ccccc1. The third kappa shape index (κ3) is 5.20. The van der Waals surface area contributed by atoms with E-state index in [1.54, 1.807) is 24.2 Å². The number of hydrogen-bond acceptors (Lipinski definition) is 6. The number of nitrogens with zero attached hydrogens (tertiary/aromatic N) is 4. The lowest BCUT2D eigenvalue weighted by molar-refractivity contribution is -0.115. The van der Waals surface area contributed by atoms with Gasteiger partial charge in [-0.3, -0.25) is 14.3 Å². The number of anilines is 1. The van der Waals surface area contributed by atoms with Gasteiger partial charge in [-0.25, -0.2) is 0 Å². The second-order valence-electron chi connectivity index (χ2n) is 7.06. The normalized spacial score (nSPS) is 11.8. The molecule has 2 heterocycles. The number of rotatable bonds is 8. The van der Waals surface area contributed by atoms with Gasteiger partial charge in [0.25, 0.3) is 0 Å². The number of carbonyl (C=O) groups excluding carboxylic acids is 1. The fourth-order valence-corrected chi connectivity index (χ4v) is 4.59. The van der Waals surface area contributed by atoms with Gasteiger partial charge in [0.1, 0.15) is 0 Å². The molecule has 162 valence electrons. The van der Waals surface area contributed by atoms with E-state index in [1.807, 2.05) is 67.8 Å². The molecule has 0 radical (unpaired) electrons. The number of amides is 1. The molecule has 1 atom stereocenters. The molecule has 0 aliphatic heterocycles. The van der Waals surface area contributed by atoms with Crippen LogP contribution in [0.3, 0.4) is 0 Å². The van der Waals surface area contributed by atoms with E-state index in [0.29, 0.717) is 11.7 Å². The van der Waals surface area contributed by atoms with Gasteiger partial charge in [0.05, 0.1) is 17.5 Å². The van der Waals surface area contributed by atoms with Crippen LogP contribution in [0.15, 0.2) is 89.2 Å². The van der Waals surface area contributed by atoms with E-state index in [9.17, 15) is 4.79 Å². The van der Waals surface area contributed by atoms with Gasteiger partial charge in [0, 0.05) is 22.9 Å². The molecule has 2 aromatic heterocycles. The summed E-state index contributed by atoms with van der Waals surface area (Å²) < 4.78 is 2.05. The Balaban J connectivity index is 1.58. The van der Waals surface area contributed by atoms with Crippen LogP contribution in [0.25, 0.3) is 11.4 Å². The number of benzene rings is 2. The van der Waals surface area contributed by atoms with Crippen molar-refractivity contribution in [3.63, 3.8) is 0 Å². The van der Waals surface area contributed by atoms with Gasteiger partial charge in [0.15, 0.2) is 11.0 Å². The summed E-state index contributed by atoms with van der Waals surface area (Å²) in [6.07, 6.45) is 5.47. The van der Waals surface area contributed by atoms with Crippen LogP contribution in [0, 0.1) is 0 Å². The van der Waals surface area contributed by atoms with Crippen LogP contribution >= 0.6 is 23.5 Å². The van der Waals surface area contributed by atoms with Crippen molar-refractivity contribution < 1.29 is 4.79 Å². The van der Waals surface area contributed by atoms with E-state index >= 15 is 0 Å². The summed E-state index contributed by atoms with van der Waals surface area (Å²) in [5.74, 6) is 0.676. The Morgan fingerprint density at radius 2 is 1.72 bits per heavy atom. The molecule has 4 rings (SSSR count). The number of pyridine rings is 1. The van der Waals surface area contributed by atoms with Crippen LogP contribution in [0.4, 0.5) is 5.69 Å². The summed E-state index contributed by atoms with van der Waals surface area (Å²) in [6.45, 7) is 2.49. The van der Waals surface area contributed by atoms with E-state index in [0.717, 1.165) is 27.5 Å². The van der Waals surface area contributed by atoms with Crippen molar-refractivity contribution in [3.05, 3.63) is 84.7 Å². The van der Waals surface area contributed by atoms with Crippen molar-refractivity contribution in [2.24, 2.45) is 0 Å². The van der Waals surface area contributed by atoms with E-state index in [2.05, 4.69) is 37.2 Å². The molecule has 0 aliphatic carbocycles. The van der Waals surface area contributed by atoms with Gasteiger partial charge in [-0.05, 0) is 43.0 Å². The largest absolute Gasteiger partial charge is 0.324 e. The first-order valence-electron chi connectivity index (χ1n) is 10.1. The number of aromatic nitrogens is 4. The molecule has 4 aromatic rings. The molecule has 0 spiro atoms. The van der Waals surface area contributed by atoms with Gasteiger partial charge in [-0.15, -0.1) is 22.0 Å². The first-order valence-corrected chi connectivity index (χ1v) is 12.2. The number of hydrogen-bond donors (Lipinski definition) is 1. The maximum absolute atomic E-state index is 12.9. The molecule has 6 nitrogen and oxygen atoms in total. The van der Waals surface area contributed by atoms with Crippen LogP contribution < -0.4 is 5.32 Å². The lowest BCUT2D eigenvalue weighted by Gasteiger charge is -2.15. The van der Waals surface area contributed by atoms with E-state index in [4.69, 9.17) is 0 Å². The second kappa shape index (κ2) is 10.5. The molecule has 0 saturated carbocycles. The highest BCUT2D eigenvalue weighted by atomic mass is 32.2. The van der Waals surface area contributed by atoms with Gasteiger partial charge in [-0.2, -0.15) is 0 Å². The Bertz CT molecular complexity index is 1180. The van der Waals surface area contributed by atoms with Crippen molar-refractivity contribution in [2.45, 2.75) is 28.8 Å². The highest BCUT2D eigenvalue weighted by Gasteiger charge is 2.21. The minimum atomic E-state index is -0.353. The van der Waals surface area contributed by atoms with Gasteiger partial charge in [0.2, 0.25) is 5.91 Å². The van der Waals surface area contributed by atoms with Crippen LogP contribution in [0.5, 0.6) is 0 Å². The van der Waals surface area contributed by atoms with E-state index in [-0.39, 0.29) is 11.2 Å². The zero-order valence-corrected chi connectivity index (χ0v) is 19.4. The fourth-order valence-electron chi connectivity index (χ4n) is 3.19. The molecule has 1 N–H and O–H groups in total. The number of para-hydroxylation sites is 1. The molecule has 0 saturated heterocycles. The summed E-state index contributed by atoms with van der Waals surface area (Å²) in [5, 5.41) is 12.2. The summed E-state index contributed by atoms with van der Waals surface area (Å²) in [6, 6.07) is 21.8. The van der Waals surface area contributed by atoms with Crippen LogP contribution in [-0.2, 0) is 11.3 Å². The van der Waals surface area contributed by atoms with Crippen LogP contribution in [0.2, 0.25) is 0 Å². The minimum Gasteiger partial charge on any atom is -0.324 e. The highest BCUT2D eigenvalue weighted by molar-refractivity contribution is 8.00. The summed E-state index contributed by atoms with van der Waals surface area (Å²) in [5.41, 5.74) is 2.89. The van der Waals surface area contributed by atoms with Crippen molar-refractivity contribution in [1.29, 1.82) is 0 Å². The average Bonchev–Trinajstić information content (AvgIpc) is 3.22. The predicted octanol–water partition coefficient (Wildman–Crippen LogP) is 5.23. The van der Waals surface area contributed by atoms with Crippen LogP contribution in [0.1, 0.15) is 12.5 Å². The molecule has 8 heteroatoms. The average molecular weight is 462 g/mol. The van der Waals surface area contributed by atoms with Gasteiger partial charge < -0.3 is 5.32 Å². The van der Waals surface area contributed by atoms with Crippen molar-refractivity contribution >= 4 is 35.1 Å². The van der Waals surface area contributed by atoms with E-state index in [1.165, 1.54) is 11.8 Å². The van der Waals surface area contributed by atoms with Crippen molar-refractivity contribution in [2.75, 3.05) is 11.6 Å². The monoisotopic (exact) mass is 461 g/mol. The molecule has 0 fully saturated rings. The fraction of sp³-hybridized carbons (Fsp3) is 0.167. The Kier molecular flexibility index (Phi) is 7.24. The lowest BCUT2D eigenvalue weighted by atomic mass is 10.2. The first kappa shape index (κ1) is 22.1. The number of carbonyl (C=O) groups is 1. The Hall–Kier alpha value is -3.10. The maximum Gasteiger partial charge on any atom is 0.237 e. The molecular formula is C24H23N5OS2. The second-order valence-corrected chi connectivity index (χ2v) is 9.22. The third-order valence-electron chi connectivity index (χ3n) is 4.86. The molecule has 0 aliphatic rings. The maximum atomic E-state index is 12.9. The molecule has 2 aromatic carbocycles. The first-order chi connectivity index (χ1) is 15.7. The van der Waals surface area contributed by atoms with Gasteiger partial charge >= 0.3 is 0 Å². The minimum absolute atomic E-state index is 0.0729. The third-order valence-corrected chi connectivity index (χ3v) is 6.73. The van der Waals surface area contributed by atoms with Gasteiger partial charge in [-0.1, -0.05) is 54.2 Å². The Labute approximate surface area is 195 Å². The standard InChI is InChI=1S/C24H23N5OS2/c1-17(23(30)26-20-10-6-7-11-21(20)31-2)32-24-28-27-22(19-12-14-25-15-13-19)29(24)16-18-8-4-3-5-9-18/h3-15,17H,16H2,1-2H3,(H,26,30). The lowest BCUT2D eigenvalue weighted by Crippen LogP contribution is -2.23. The zero-order chi connectivity index (χ0) is 22.3.